The molecule has 1 aliphatic rings. The molecule has 1 saturated carbocycles. The van der Waals surface area contributed by atoms with E-state index in [9.17, 15) is 8.42 Å². The second-order valence-electron chi connectivity index (χ2n) is 5.45. The Morgan fingerprint density at radius 2 is 1.85 bits per heavy atom. The van der Waals surface area contributed by atoms with Crippen molar-refractivity contribution in [2.45, 2.75) is 44.0 Å². The Bertz CT molecular complexity index is 507. The highest BCUT2D eigenvalue weighted by Gasteiger charge is 2.22. The highest BCUT2D eigenvalue weighted by molar-refractivity contribution is 7.89. The Morgan fingerprint density at radius 1 is 1.15 bits per heavy atom. The highest BCUT2D eigenvalue weighted by Crippen LogP contribution is 2.31. The summed E-state index contributed by atoms with van der Waals surface area (Å²) < 4.78 is 26.8. The van der Waals surface area contributed by atoms with Crippen molar-refractivity contribution in [2.75, 3.05) is 13.1 Å². The smallest absolute Gasteiger partial charge is 0.240 e. The third kappa shape index (κ3) is 4.89. The van der Waals surface area contributed by atoms with E-state index in [1.54, 1.807) is 12.1 Å². The minimum atomic E-state index is -3.34. The molecule has 0 heterocycles. The lowest BCUT2D eigenvalue weighted by Crippen LogP contribution is -2.25. The van der Waals surface area contributed by atoms with Crippen molar-refractivity contribution >= 4 is 10.0 Å². The minimum Gasteiger partial charge on any atom is -0.313 e. The Labute approximate surface area is 122 Å². The average Bonchev–Trinajstić information content (AvgIpc) is 3.24. The van der Waals surface area contributed by atoms with Crippen LogP contribution in [-0.4, -0.2) is 21.5 Å². The second kappa shape index (κ2) is 7.20. The lowest BCUT2D eigenvalue weighted by molar-refractivity contribution is 0.575. The van der Waals surface area contributed by atoms with Crippen molar-refractivity contribution in [1.29, 1.82) is 0 Å². The van der Waals surface area contributed by atoms with Crippen LogP contribution in [0, 0.1) is 5.92 Å². The van der Waals surface area contributed by atoms with Gasteiger partial charge < -0.3 is 5.32 Å². The van der Waals surface area contributed by atoms with Crippen LogP contribution in [0.1, 0.15) is 38.2 Å². The zero-order valence-corrected chi connectivity index (χ0v) is 12.9. The lowest BCUT2D eigenvalue weighted by atomic mass is 10.2. The van der Waals surface area contributed by atoms with Crippen molar-refractivity contribution in [1.82, 2.24) is 10.0 Å². The van der Waals surface area contributed by atoms with E-state index in [1.807, 2.05) is 12.1 Å². The predicted octanol–water partition coefficient (Wildman–Crippen LogP) is 2.26. The molecule has 2 N–H and O–H groups in total. The van der Waals surface area contributed by atoms with Gasteiger partial charge in [0.2, 0.25) is 10.0 Å². The van der Waals surface area contributed by atoms with Crippen LogP contribution in [0.15, 0.2) is 29.2 Å². The van der Waals surface area contributed by atoms with Gasteiger partial charge >= 0.3 is 0 Å². The van der Waals surface area contributed by atoms with Crippen LogP contribution in [0.3, 0.4) is 0 Å². The molecule has 0 atom stereocenters. The molecule has 20 heavy (non-hydrogen) atoms. The molecule has 4 nitrogen and oxygen atoms in total. The molecular weight excluding hydrogens is 272 g/mol. The van der Waals surface area contributed by atoms with Gasteiger partial charge in [-0.1, -0.05) is 31.9 Å². The minimum absolute atomic E-state index is 0.354. The Kier molecular flexibility index (Phi) is 5.57. The van der Waals surface area contributed by atoms with Crippen LogP contribution in [0.2, 0.25) is 0 Å². The van der Waals surface area contributed by atoms with E-state index in [1.165, 1.54) is 12.8 Å². The van der Waals surface area contributed by atoms with Crippen LogP contribution in [0.5, 0.6) is 0 Å². The molecule has 1 fully saturated rings. The summed E-state index contributed by atoms with van der Waals surface area (Å²) in [7, 11) is -3.34. The third-order valence-corrected chi connectivity index (χ3v) is 5.01. The summed E-state index contributed by atoms with van der Waals surface area (Å²) in [6.07, 6.45) is 4.55. The standard InChI is InChI=1S/C15H24N2O2S/c1-2-10-16-12-14-5-7-15(8-6-14)20(18,19)17-11-9-13-3-4-13/h5-8,13,16-17H,2-4,9-12H2,1H3. The number of nitrogens with one attached hydrogen (secondary N) is 2. The fourth-order valence-corrected chi connectivity index (χ4v) is 3.13. The molecule has 1 aromatic carbocycles. The molecule has 0 aliphatic heterocycles. The van der Waals surface area contributed by atoms with E-state index < -0.39 is 10.0 Å². The summed E-state index contributed by atoms with van der Waals surface area (Å²) in [6, 6.07) is 7.11. The van der Waals surface area contributed by atoms with Crippen LogP contribution < -0.4 is 10.0 Å². The summed E-state index contributed by atoms with van der Waals surface area (Å²) in [4.78, 5) is 0.354. The molecule has 0 bridgehead atoms. The van der Waals surface area contributed by atoms with E-state index in [0.29, 0.717) is 11.4 Å². The van der Waals surface area contributed by atoms with Gasteiger partial charge in [0.25, 0.3) is 0 Å². The summed E-state index contributed by atoms with van der Waals surface area (Å²) in [5.74, 6) is 0.740. The van der Waals surface area contributed by atoms with Crippen molar-refractivity contribution in [2.24, 2.45) is 5.92 Å². The highest BCUT2D eigenvalue weighted by atomic mass is 32.2. The van der Waals surface area contributed by atoms with E-state index in [0.717, 1.165) is 37.4 Å². The molecule has 0 unspecified atom stereocenters. The first-order valence-electron chi connectivity index (χ1n) is 7.41. The fourth-order valence-electron chi connectivity index (χ4n) is 2.08. The van der Waals surface area contributed by atoms with Crippen LogP contribution in [-0.2, 0) is 16.6 Å². The molecule has 2 rings (SSSR count). The number of hydrogen-bond acceptors (Lipinski definition) is 3. The van der Waals surface area contributed by atoms with Crippen molar-refractivity contribution in [3.05, 3.63) is 29.8 Å². The second-order valence-corrected chi connectivity index (χ2v) is 7.22. The molecule has 0 radical (unpaired) electrons. The molecule has 0 spiro atoms. The zero-order valence-electron chi connectivity index (χ0n) is 12.1. The summed E-state index contributed by atoms with van der Waals surface area (Å²) in [6.45, 7) is 4.43. The molecule has 5 heteroatoms. The Hall–Kier alpha value is -0.910. The molecule has 0 saturated heterocycles. The third-order valence-electron chi connectivity index (χ3n) is 3.53. The summed E-state index contributed by atoms with van der Waals surface area (Å²) >= 11 is 0. The van der Waals surface area contributed by atoms with Gasteiger partial charge in [-0.05, 0) is 43.0 Å². The fraction of sp³-hybridized carbons (Fsp3) is 0.600. The SMILES string of the molecule is CCCNCc1ccc(S(=O)(=O)NCCC2CC2)cc1. The summed E-state index contributed by atoms with van der Waals surface area (Å²) in [5.41, 5.74) is 1.11. The maximum absolute atomic E-state index is 12.1. The van der Waals surface area contributed by atoms with Gasteiger partial charge in [-0.3, -0.25) is 0 Å². The zero-order chi connectivity index (χ0) is 14.4. The first-order chi connectivity index (χ1) is 9.62. The van der Waals surface area contributed by atoms with E-state index in [2.05, 4.69) is 17.0 Å². The lowest BCUT2D eigenvalue weighted by Gasteiger charge is -2.08. The van der Waals surface area contributed by atoms with Gasteiger partial charge in [0.1, 0.15) is 0 Å². The van der Waals surface area contributed by atoms with Gasteiger partial charge in [-0.2, -0.15) is 0 Å². The van der Waals surface area contributed by atoms with Crippen molar-refractivity contribution in [3.63, 3.8) is 0 Å². The molecule has 0 amide bonds. The van der Waals surface area contributed by atoms with Gasteiger partial charge in [0, 0.05) is 13.1 Å². The maximum atomic E-state index is 12.1. The number of benzene rings is 1. The molecule has 112 valence electrons. The predicted molar refractivity (Wildman–Crippen MR) is 81.0 cm³/mol. The number of rotatable bonds is 9. The number of sulfonamides is 1. The molecular formula is C15H24N2O2S. The van der Waals surface area contributed by atoms with Crippen molar-refractivity contribution in [3.8, 4) is 0 Å². The largest absolute Gasteiger partial charge is 0.313 e. The quantitative estimate of drug-likeness (QED) is 0.687. The Balaban J connectivity index is 1.86. The average molecular weight is 296 g/mol. The summed E-state index contributed by atoms with van der Waals surface area (Å²) in [5, 5.41) is 3.30. The molecule has 0 aromatic heterocycles. The Morgan fingerprint density at radius 3 is 2.45 bits per heavy atom. The van der Waals surface area contributed by atoms with Crippen molar-refractivity contribution < 1.29 is 8.42 Å². The van der Waals surface area contributed by atoms with Gasteiger partial charge in [0.15, 0.2) is 0 Å². The maximum Gasteiger partial charge on any atom is 0.240 e. The monoisotopic (exact) mass is 296 g/mol. The van der Waals surface area contributed by atoms with Crippen LogP contribution >= 0.6 is 0 Å². The normalized spacial score (nSPS) is 15.4. The van der Waals surface area contributed by atoms with Crippen LogP contribution in [0.4, 0.5) is 0 Å². The van der Waals surface area contributed by atoms with Gasteiger partial charge in [-0.15, -0.1) is 0 Å². The first-order valence-corrected chi connectivity index (χ1v) is 8.89. The van der Waals surface area contributed by atoms with Gasteiger partial charge in [0.05, 0.1) is 4.90 Å². The van der Waals surface area contributed by atoms with E-state index in [4.69, 9.17) is 0 Å². The number of hydrogen-bond donors (Lipinski definition) is 2. The molecule has 1 aromatic rings. The first kappa shape index (κ1) is 15.5. The van der Waals surface area contributed by atoms with E-state index >= 15 is 0 Å². The van der Waals surface area contributed by atoms with Crippen LogP contribution in [0.25, 0.3) is 0 Å². The van der Waals surface area contributed by atoms with E-state index in [-0.39, 0.29) is 0 Å². The molecule has 1 aliphatic carbocycles. The topological polar surface area (TPSA) is 58.2 Å². The van der Waals surface area contributed by atoms with Gasteiger partial charge in [-0.25, -0.2) is 13.1 Å².